The normalized spacial score (nSPS) is 10.7. The van der Waals surface area contributed by atoms with Gasteiger partial charge in [0.15, 0.2) is 11.0 Å². The number of ether oxygens (including phenoxy) is 2. The SMILES string of the molecule is COc1ccc(-c2nnc(SCC(=O)Nc3ccc(OC)c(Cl)c3)n2-c2ccc(Cl)cc2)cc1. The molecule has 4 aromatic rings. The quantitative estimate of drug-likeness (QED) is 0.291. The van der Waals surface area contributed by atoms with Crippen molar-refractivity contribution < 1.29 is 14.3 Å². The van der Waals surface area contributed by atoms with Crippen molar-refractivity contribution >= 4 is 46.6 Å². The zero-order chi connectivity index (χ0) is 24.1. The van der Waals surface area contributed by atoms with E-state index in [0.717, 1.165) is 17.0 Å². The number of carbonyl (C=O) groups is 1. The number of nitrogens with zero attached hydrogens (tertiary/aromatic N) is 3. The monoisotopic (exact) mass is 514 g/mol. The molecule has 0 aliphatic rings. The third kappa shape index (κ3) is 5.47. The number of carbonyl (C=O) groups excluding carboxylic acids is 1. The number of hydrogen-bond acceptors (Lipinski definition) is 6. The molecule has 0 saturated carbocycles. The summed E-state index contributed by atoms with van der Waals surface area (Å²) in [7, 11) is 3.15. The van der Waals surface area contributed by atoms with Gasteiger partial charge in [0.25, 0.3) is 0 Å². The van der Waals surface area contributed by atoms with E-state index in [4.69, 9.17) is 32.7 Å². The first kappa shape index (κ1) is 23.9. The van der Waals surface area contributed by atoms with E-state index in [1.165, 1.54) is 18.9 Å². The van der Waals surface area contributed by atoms with Gasteiger partial charge in [-0.1, -0.05) is 35.0 Å². The Morgan fingerprint density at radius 3 is 2.35 bits per heavy atom. The highest BCUT2D eigenvalue weighted by Gasteiger charge is 2.18. The first-order chi connectivity index (χ1) is 16.5. The van der Waals surface area contributed by atoms with E-state index >= 15 is 0 Å². The van der Waals surface area contributed by atoms with Crippen LogP contribution in [-0.4, -0.2) is 40.6 Å². The average molecular weight is 515 g/mol. The Kier molecular flexibility index (Phi) is 7.62. The molecule has 0 radical (unpaired) electrons. The van der Waals surface area contributed by atoms with Gasteiger partial charge >= 0.3 is 0 Å². The summed E-state index contributed by atoms with van der Waals surface area (Å²) in [6, 6.07) is 19.9. The summed E-state index contributed by atoms with van der Waals surface area (Å²) in [6.07, 6.45) is 0. The highest BCUT2D eigenvalue weighted by Crippen LogP contribution is 2.30. The number of rotatable bonds is 8. The van der Waals surface area contributed by atoms with Gasteiger partial charge in [-0.05, 0) is 66.7 Å². The lowest BCUT2D eigenvalue weighted by atomic mass is 10.2. The van der Waals surface area contributed by atoms with Crippen LogP contribution in [0.3, 0.4) is 0 Å². The van der Waals surface area contributed by atoms with Gasteiger partial charge in [-0.2, -0.15) is 0 Å². The van der Waals surface area contributed by atoms with E-state index in [-0.39, 0.29) is 11.7 Å². The lowest BCUT2D eigenvalue weighted by molar-refractivity contribution is -0.113. The molecule has 0 aliphatic carbocycles. The maximum absolute atomic E-state index is 12.6. The highest BCUT2D eigenvalue weighted by atomic mass is 35.5. The number of amides is 1. The second kappa shape index (κ2) is 10.8. The topological polar surface area (TPSA) is 78.3 Å². The molecule has 0 fully saturated rings. The van der Waals surface area contributed by atoms with E-state index < -0.39 is 0 Å². The van der Waals surface area contributed by atoms with Gasteiger partial charge in [0.1, 0.15) is 11.5 Å². The molecule has 0 unspecified atom stereocenters. The zero-order valence-electron chi connectivity index (χ0n) is 18.3. The first-order valence-electron chi connectivity index (χ1n) is 10.1. The number of methoxy groups -OCH3 is 2. The maximum atomic E-state index is 12.6. The summed E-state index contributed by atoms with van der Waals surface area (Å²) in [6.45, 7) is 0. The molecular formula is C24H20Cl2N4O3S. The molecule has 7 nitrogen and oxygen atoms in total. The molecule has 1 N–H and O–H groups in total. The van der Waals surface area contributed by atoms with Gasteiger partial charge in [-0.15, -0.1) is 10.2 Å². The minimum Gasteiger partial charge on any atom is -0.497 e. The molecule has 0 saturated heterocycles. The van der Waals surface area contributed by atoms with E-state index in [2.05, 4.69) is 15.5 Å². The Morgan fingerprint density at radius 1 is 0.971 bits per heavy atom. The Balaban J connectivity index is 1.57. The van der Waals surface area contributed by atoms with Crippen LogP contribution in [0.2, 0.25) is 10.0 Å². The molecule has 4 rings (SSSR count). The lowest BCUT2D eigenvalue weighted by Gasteiger charge is -2.11. The molecule has 0 bridgehead atoms. The van der Waals surface area contributed by atoms with E-state index in [1.807, 2.05) is 41.0 Å². The Labute approximate surface area is 211 Å². The maximum Gasteiger partial charge on any atom is 0.234 e. The molecule has 0 spiro atoms. The van der Waals surface area contributed by atoms with Gasteiger partial charge in [0, 0.05) is 22.0 Å². The summed E-state index contributed by atoms with van der Waals surface area (Å²) < 4.78 is 12.3. The number of hydrogen-bond donors (Lipinski definition) is 1. The molecule has 174 valence electrons. The number of nitrogens with one attached hydrogen (secondary N) is 1. The van der Waals surface area contributed by atoms with Crippen LogP contribution >= 0.6 is 35.0 Å². The van der Waals surface area contributed by atoms with Gasteiger partial charge in [0.2, 0.25) is 5.91 Å². The number of anilines is 1. The minimum absolute atomic E-state index is 0.123. The van der Waals surface area contributed by atoms with Gasteiger partial charge in [-0.3, -0.25) is 9.36 Å². The van der Waals surface area contributed by atoms with Gasteiger partial charge in [0.05, 0.1) is 25.0 Å². The smallest absolute Gasteiger partial charge is 0.234 e. The van der Waals surface area contributed by atoms with Crippen molar-refractivity contribution in [1.82, 2.24) is 14.8 Å². The standard InChI is InChI=1S/C24H20Cl2N4O3S/c1-32-19-10-3-15(4-11-19)23-28-29-24(30(23)18-8-5-16(25)6-9-18)34-14-22(31)27-17-7-12-21(33-2)20(26)13-17/h3-13H,14H2,1-2H3,(H,27,31). The number of thioether (sulfide) groups is 1. The van der Waals surface area contributed by atoms with Crippen LogP contribution in [0.5, 0.6) is 11.5 Å². The molecule has 0 aliphatic heterocycles. The van der Waals surface area contributed by atoms with Crippen LogP contribution in [-0.2, 0) is 4.79 Å². The van der Waals surface area contributed by atoms with Crippen LogP contribution in [0.15, 0.2) is 71.9 Å². The molecule has 0 atom stereocenters. The molecule has 1 heterocycles. The van der Waals surface area contributed by atoms with Crippen LogP contribution in [0.25, 0.3) is 17.1 Å². The summed E-state index contributed by atoms with van der Waals surface area (Å²) in [4.78, 5) is 12.6. The Bertz CT molecular complexity index is 1290. The van der Waals surface area contributed by atoms with Gasteiger partial charge < -0.3 is 14.8 Å². The third-order valence-electron chi connectivity index (χ3n) is 4.83. The van der Waals surface area contributed by atoms with Crippen molar-refractivity contribution in [2.75, 3.05) is 25.3 Å². The molecule has 1 amide bonds. The largest absolute Gasteiger partial charge is 0.497 e. The molecule has 1 aromatic heterocycles. The summed E-state index contributed by atoms with van der Waals surface area (Å²) in [5, 5.41) is 13.2. The van der Waals surface area contributed by atoms with Crippen molar-refractivity contribution in [2.45, 2.75) is 5.16 Å². The second-order valence-corrected chi connectivity index (χ2v) is 8.82. The summed E-state index contributed by atoms with van der Waals surface area (Å²) in [5.41, 5.74) is 2.26. The van der Waals surface area contributed by atoms with Crippen molar-refractivity contribution in [3.8, 4) is 28.6 Å². The predicted octanol–water partition coefficient (Wildman–Crippen LogP) is 5.99. The van der Waals surface area contributed by atoms with Crippen LogP contribution in [0, 0.1) is 0 Å². The third-order valence-corrected chi connectivity index (χ3v) is 6.31. The molecule has 34 heavy (non-hydrogen) atoms. The van der Waals surface area contributed by atoms with Crippen LogP contribution in [0.4, 0.5) is 5.69 Å². The zero-order valence-corrected chi connectivity index (χ0v) is 20.6. The van der Waals surface area contributed by atoms with Crippen molar-refractivity contribution in [3.63, 3.8) is 0 Å². The highest BCUT2D eigenvalue weighted by molar-refractivity contribution is 7.99. The van der Waals surface area contributed by atoms with Crippen molar-refractivity contribution in [1.29, 1.82) is 0 Å². The summed E-state index contributed by atoms with van der Waals surface area (Å²) >= 11 is 13.5. The first-order valence-corrected chi connectivity index (χ1v) is 11.8. The summed E-state index contributed by atoms with van der Waals surface area (Å²) in [5.74, 6) is 1.83. The molecular weight excluding hydrogens is 495 g/mol. The Morgan fingerprint density at radius 2 is 1.71 bits per heavy atom. The van der Waals surface area contributed by atoms with Crippen LogP contribution < -0.4 is 14.8 Å². The number of aromatic nitrogens is 3. The van der Waals surface area contributed by atoms with Gasteiger partial charge in [-0.25, -0.2) is 0 Å². The fraction of sp³-hybridized carbons (Fsp3) is 0.125. The van der Waals surface area contributed by atoms with Crippen molar-refractivity contribution in [3.05, 3.63) is 76.8 Å². The fourth-order valence-corrected chi connectivity index (χ4v) is 4.32. The molecule has 10 heteroatoms. The van der Waals surface area contributed by atoms with Crippen LogP contribution in [0.1, 0.15) is 0 Å². The number of benzene rings is 3. The number of halogens is 2. The lowest BCUT2D eigenvalue weighted by Crippen LogP contribution is -2.14. The second-order valence-electron chi connectivity index (χ2n) is 7.03. The fourth-order valence-electron chi connectivity index (χ4n) is 3.18. The minimum atomic E-state index is -0.206. The predicted molar refractivity (Wildman–Crippen MR) is 136 cm³/mol. The Hall–Kier alpha value is -3.20. The van der Waals surface area contributed by atoms with E-state index in [9.17, 15) is 4.79 Å². The van der Waals surface area contributed by atoms with E-state index in [0.29, 0.717) is 32.5 Å². The molecule has 3 aromatic carbocycles. The van der Waals surface area contributed by atoms with E-state index in [1.54, 1.807) is 37.4 Å². The van der Waals surface area contributed by atoms with Crippen molar-refractivity contribution in [2.24, 2.45) is 0 Å². The average Bonchev–Trinajstić information content (AvgIpc) is 3.27.